The molecule has 0 aromatic carbocycles. The van der Waals surface area contributed by atoms with Crippen molar-refractivity contribution >= 4 is 5.97 Å². The van der Waals surface area contributed by atoms with Crippen LogP contribution in [-0.4, -0.2) is 18.6 Å². The van der Waals surface area contributed by atoms with Gasteiger partial charge in [-0.25, -0.2) is 0 Å². The summed E-state index contributed by atoms with van der Waals surface area (Å²) in [6.45, 7) is 4.43. The molecule has 116 valence electrons. The Kier molecular flexibility index (Phi) is 16.8. The molecular weight excluding hydrogens is 240 g/mol. The summed E-state index contributed by atoms with van der Waals surface area (Å²) < 4.78 is 5.01. The van der Waals surface area contributed by atoms with Gasteiger partial charge in [0.2, 0.25) is 0 Å². The summed E-state index contributed by atoms with van der Waals surface area (Å²) >= 11 is 0. The van der Waals surface area contributed by atoms with Crippen molar-refractivity contribution in [2.24, 2.45) is 5.73 Å². The Balaban J connectivity index is 0. The number of carbonyl (C=O) groups excluding carboxylic acids is 1. The van der Waals surface area contributed by atoms with E-state index in [-0.39, 0.29) is 12.1 Å². The number of rotatable bonds is 12. The highest BCUT2D eigenvalue weighted by Gasteiger charge is 2.07. The maximum absolute atomic E-state index is 11.1. The van der Waals surface area contributed by atoms with Crippen molar-refractivity contribution < 1.29 is 9.53 Å². The van der Waals surface area contributed by atoms with Gasteiger partial charge in [-0.3, -0.25) is 4.79 Å². The summed E-state index contributed by atoms with van der Waals surface area (Å²) in [5.74, 6) is -0.286. The summed E-state index contributed by atoms with van der Waals surface area (Å²) in [5, 5.41) is 0. The Bertz CT molecular complexity index is 197. The molecule has 0 aromatic heterocycles. The molecule has 4 nitrogen and oxygen atoms in total. The summed E-state index contributed by atoms with van der Waals surface area (Å²) in [4.78, 5) is 11.1. The Labute approximate surface area is 119 Å². The normalized spacial score (nSPS) is 11.7. The third-order valence-electron chi connectivity index (χ3n) is 3.11. The lowest BCUT2D eigenvalue weighted by Crippen LogP contribution is -2.28. The second kappa shape index (κ2) is 15.4. The number of ether oxygens (including phenoxy) is 1. The molecule has 0 saturated carbocycles. The molecule has 0 rings (SSSR count). The zero-order chi connectivity index (χ0) is 13.6. The average Bonchev–Trinajstić information content (AvgIpc) is 2.35. The summed E-state index contributed by atoms with van der Waals surface area (Å²) in [7, 11) is 0. The number of hydrogen-bond donors (Lipinski definition) is 2. The van der Waals surface area contributed by atoms with Crippen molar-refractivity contribution in [2.75, 3.05) is 6.61 Å². The van der Waals surface area contributed by atoms with Crippen LogP contribution < -0.4 is 11.9 Å². The minimum atomic E-state index is -0.492. The highest BCUT2D eigenvalue weighted by molar-refractivity contribution is 5.74. The van der Waals surface area contributed by atoms with Gasteiger partial charge in [0.05, 0.1) is 6.61 Å². The average molecular weight is 274 g/mol. The third kappa shape index (κ3) is 15.3. The molecule has 0 heterocycles. The van der Waals surface area contributed by atoms with Gasteiger partial charge in [0.1, 0.15) is 6.04 Å². The fourth-order valence-electron chi connectivity index (χ4n) is 1.89. The highest BCUT2D eigenvalue weighted by Crippen LogP contribution is 2.10. The van der Waals surface area contributed by atoms with Gasteiger partial charge in [0.25, 0.3) is 0 Å². The Hall–Kier alpha value is -0.610. The molecule has 0 aromatic rings. The first kappa shape index (κ1) is 20.7. The van der Waals surface area contributed by atoms with E-state index in [0.29, 0.717) is 6.61 Å². The molecule has 0 aliphatic carbocycles. The highest BCUT2D eigenvalue weighted by atomic mass is 16.5. The fraction of sp³-hybridized carbons (Fsp3) is 0.933. The van der Waals surface area contributed by atoms with Crippen LogP contribution in [0.5, 0.6) is 0 Å². The monoisotopic (exact) mass is 274 g/mol. The fourth-order valence-corrected chi connectivity index (χ4v) is 1.89. The van der Waals surface area contributed by atoms with E-state index < -0.39 is 6.04 Å². The Morgan fingerprint density at radius 2 is 1.37 bits per heavy atom. The number of nitrogens with two attached hydrogens (primary N) is 1. The van der Waals surface area contributed by atoms with Gasteiger partial charge in [0.15, 0.2) is 0 Å². The molecule has 0 fully saturated rings. The van der Waals surface area contributed by atoms with Crippen LogP contribution in [0.15, 0.2) is 0 Å². The van der Waals surface area contributed by atoms with Crippen molar-refractivity contribution in [3.05, 3.63) is 0 Å². The van der Waals surface area contributed by atoms with E-state index in [1.54, 1.807) is 6.92 Å². The van der Waals surface area contributed by atoms with Crippen LogP contribution in [0.1, 0.15) is 78.1 Å². The maximum atomic E-state index is 11.1. The standard InChI is InChI=1S/C15H31NO2.H3N/c1-3-4-5-6-7-8-9-10-11-12-13-18-15(17)14(2)16;/h14H,3-13,16H2,1-2H3;1H3. The van der Waals surface area contributed by atoms with Crippen LogP contribution >= 0.6 is 0 Å². The van der Waals surface area contributed by atoms with Crippen molar-refractivity contribution in [1.29, 1.82) is 0 Å². The summed E-state index contributed by atoms with van der Waals surface area (Å²) in [6.07, 6.45) is 12.9. The molecule has 5 N–H and O–H groups in total. The van der Waals surface area contributed by atoms with Gasteiger partial charge in [-0.1, -0.05) is 64.7 Å². The zero-order valence-electron chi connectivity index (χ0n) is 13.0. The molecule has 0 spiro atoms. The van der Waals surface area contributed by atoms with Gasteiger partial charge in [-0.05, 0) is 13.3 Å². The second-order valence-corrected chi connectivity index (χ2v) is 5.14. The lowest BCUT2D eigenvalue weighted by molar-refractivity contribution is -0.144. The minimum Gasteiger partial charge on any atom is -0.465 e. The molecule has 0 radical (unpaired) electrons. The zero-order valence-corrected chi connectivity index (χ0v) is 13.0. The van der Waals surface area contributed by atoms with Crippen LogP contribution in [-0.2, 0) is 9.53 Å². The molecule has 19 heavy (non-hydrogen) atoms. The van der Waals surface area contributed by atoms with E-state index in [1.165, 1.54) is 51.4 Å². The van der Waals surface area contributed by atoms with E-state index in [2.05, 4.69) is 6.92 Å². The van der Waals surface area contributed by atoms with Crippen molar-refractivity contribution in [3.63, 3.8) is 0 Å². The van der Waals surface area contributed by atoms with E-state index in [1.807, 2.05) is 0 Å². The van der Waals surface area contributed by atoms with E-state index in [0.717, 1.165) is 12.8 Å². The van der Waals surface area contributed by atoms with E-state index in [9.17, 15) is 4.79 Å². The largest absolute Gasteiger partial charge is 0.465 e. The van der Waals surface area contributed by atoms with E-state index in [4.69, 9.17) is 10.5 Å². The molecular formula is C15H34N2O2. The first-order valence-electron chi connectivity index (χ1n) is 7.60. The van der Waals surface area contributed by atoms with Gasteiger partial charge in [-0.2, -0.15) is 0 Å². The topological polar surface area (TPSA) is 87.3 Å². The minimum absolute atomic E-state index is 0. The predicted molar refractivity (Wildman–Crippen MR) is 81.5 cm³/mol. The van der Waals surface area contributed by atoms with Gasteiger partial charge >= 0.3 is 5.97 Å². The molecule has 0 amide bonds. The quantitative estimate of drug-likeness (QED) is 0.416. The molecule has 4 heteroatoms. The van der Waals surface area contributed by atoms with Crippen LogP contribution in [0.2, 0.25) is 0 Å². The SMILES string of the molecule is CCCCCCCCCCCCOC(=O)C(C)N.N. The van der Waals surface area contributed by atoms with Gasteiger partial charge in [0, 0.05) is 0 Å². The van der Waals surface area contributed by atoms with Crippen LogP contribution in [0.25, 0.3) is 0 Å². The smallest absolute Gasteiger partial charge is 0.322 e. The third-order valence-corrected chi connectivity index (χ3v) is 3.11. The van der Waals surface area contributed by atoms with Crippen LogP contribution in [0, 0.1) is 0 Å². The van der Waals surface area contributed by atoms with Crippen molar-refractivity contribution in [3.8, 4) is 0 Å². The first-order valence-corrected chi connectivity index (χ1v) is 7.60. The molecule has 0 saturated heterocycles. The van der Waals surface area contributed by atoms with Crippen molar-refractivity contribution in [1.82, 2.24) is 6.15 Å². The summed E-state index contributed by atoms with van der Waals surface area (Å²) in [5.41, 5.74) is 5.39. The van der Waals surface area contributed by atoms with Gasteiger partial charge in [-0.15, -0.1) is 0 Å². The molecule has 0 aliphatic rings. The first-order chi connectivity index (χ1) is 8.68. The lowest BCUT2D eigenvalue weighted by Gasteiger charge is -2.06. The Morgan fingerprint density at radius 3 is 1.79 bits per heavy atom. The number of carbonyl (C=O) groups is 1. The van der Waals surface area contributed by atoms with Crippen molar-refractivity contribution in [2.45, 2.75) is 84.1 Å². The molecule has 0 bridgehead atoms. The number of esters is 1. The second-order valence-electron chi connectivity index (χ2n) is 5.14. The van der Waals surface area contributed by atoms with E-state index >= 15 is 0 Å². The lowest BCUT2D eigenvalue weighted by atomic mass is 10.1. The molecule has 0 aliphatic heterocycles. The summed E-state index contributed by atoms with van der Waals surface area (Å²) in [6, 6.07) is -0.492. The molecule has 1 unspecified atom stereocenters. The number of unbranched alkanes of at least 4 members (excludes halogenated alkanes) is 9. The maximum Gasteiger partial charge on any atom is 0.322 e. The van der Waals surface area contributed by atoms with Crippen LogP contribution in [0.3, 0.4) is 0 Å². The molecule has 1 atom stereocenters. The van der Waals surface area contributed by atoms with Crippen LogP contribution in [0.4, 0.5) is 0 Å². The Morgan fingerprint density at radius 1 is 0.947 bits per heavy atom. The number of hydrogen-bond acceptors (Lipinski definition) is 4. The van der Waals surface area contributed by atoms with Gasteiger partial charge < -0.3 is 16.6 Å². The predicted octanol–water partition coefficient (Wildman–Crippen LogP) is 3.96.